The summed E-state index contributed by atoms with van der Waals surface area (Å²) in [6.07, 6.45) is 3.38. The highest BCUT2D eigenvalue weighted by Gasteiger charge is 2.16. The van der Waals surface area contributed by atoms with Crippen LogP contribution in [-0.2, 0) is 13.6 Å². The maximum Gasteiger partial charge on any atom is 0.276 e. The van der Waals surface area contributed by atoms with E-state index in [-0.39, 0.29) is 5.91 Å². The lowest BCUT2D eigenvalue weighted by molar-refractivity contribution is 0.101. The van der Waals surface area contributed by atoms with E-state index in [2.05, 4.69) is 31.4 Å². The highest BCUT2D eigenvalue weighted by Crippen LogP contribution is 2.17. The second-order valence-corrected chi connectivity index (χ2v) is 6.24. The number of halogens is 2. The lowest BCUT2D eigenvalue weighted by Gasteiger charge is -2.04. The van der Waals surface area contributed by atoms with Gasteiger partial charge in [-0.2, -0.15) is 10.2 Å². The number of hydrogen-bond acceptors (Lipinski definition) is 3. The fourth-order valence-electron chi connectivity index (χ4n) is 2.18. The molecule has 0 aliphatic heterocycles. The maximum atomic E-state index is 12.3. The van der Waals surface area contributed by atoms with Crippen molar-refractivity contribution in [1.82, 2.24) is 19.6 Å². The van der Waals surface area contributed by atoms with Crippen LogP contribution in [0.15, 0.2) is 47.2 Å². The van der Waals surface area contributed by atoms with E-state index in [1.807, 2.05) is 24.3 Å². The summed E-state index contributed by atoms with van der Waals surface area (Å²) in [7, 11) is 1.71. The number of anilines is 1. The second-order valence-electron chi connectivity index (χ2n) is 4.95. The van der Waals surface area contributed by atoms with Crippen LogP contribution < -0.4 is 5.32 Å². The third-order valence-electron chi connectivity index (χ3n) is 3.23. The Hall–Kier alpha value is -2.12. The summed E-state index contributed by atoms with van der Waals surface area (Å²) in [5.41, 5.74) is 1.47. The van der Waals surface area contributed by atoms with Gasteiger partial charge < -0.3 is 5.32 Å². The largest absolute Gasteiger partial charge is 0.304 e. The molecule has 0 saturated heterocycles. The molecule has 3 aromatic rings. The minimum Gasteiger partial charge on any atom is -0.304 e. The molecule has 3 rings (SSSR count). The van der Waals surface area contributed by atoms with Gasteiger partial charge in [0.05, 0.1) is 17.2 Å². The van der Waals surface area contributed by atoms with E-state index in [0.717, 1.165) is 5.56 Å². The van der Waals surface area contributed by atoms with E-state index in [4.69, 9.17) is 11.6 Å². The molecule has 1 N–H and O–H groups in total. The summed E-state index contributed by atoms with van der Waals surface area (Å²) < 4.78 is 3.87. The Labute approximate surface area is 146 Å². The number of aromatic nitrogens is 4. The molecule has 0 saturated carbocycles. The van der Waals surface area contributed by atoms with Gasteiger partial charge in [-0.15, -0.1) is 0 Å². The second kappa shape index (κ2) is 6.55. The molecular weight excluding hydrogens is 382 g/mol. The quantitative estimate of drug-likeness (QED) is 0.738. The Kier molecular flexibility index (Phi) is 4.49. The number of benzene rings is 1. The van der Waals surface area contributed by atoms with Crippen LogP contribution in [0.2, 0.25) is 5.02 Å². The van der Waals surface area contributed by atoms with Crippen molar-refractivity contribution in [3.63, 3.8) is 0 Å². The van der Waals surface area contributed by atoms with Crippen LogP contribution in [0.4, 0.5) is 5.82 Å². The highest BCUT2D eigenvalue weighted by molar-refractivity contribution is 9.10. The number of carbonyl (C=O) groups is 1. The SMILES string of the molecule is Cn1ncc(Br)c1C(=O)Nc1ccn(Cc2cccc(Cl)c2)n1. The van der Waals surface area contributed by atoms with E-state index in [9.17, 15) is 4.79 Å². The number of carbonyl (C=O) groups excluding carboxylic acids is 1. The van der Waals surface area contributed by atoms with Crippen LogP contribution in [0, 0.1) is 0 Å². The third-order valence-corrected chi connectivity index (χ3v) is 4.04. The number of hydrogen-bond donors (Lipinski definition) is 1. The van der Waals surface area contributed by atoms with Gasteiger partial charge in [-0.3, -0.25) is 14.2 Å². The maximum absolute atomic E-state index is 12.3. The minimum atomic E-state index is -0.273. The first-order valence-electron chi connectivity index (χ1n) is 6.79. The van der Waals surface area contributed by atoms with Gasteiger partial charge in [0.25, 0.3) is 5.91 Å². The van der Waals surface area contributed by atoms with Crippen LogP contribution in [0.25, 0.3) is 0 Å². The number of nitrogens with one attached hydrogen (secondary N) is 1. The van der Waals surface area contributed by atoms with Gasteiger partial charge in [0, 0.05) is 24.3 Å². The van der Waals surface area contributed by atoms with Crippen molar-refractivity contribution in [2.75, 3.05) is 5.32 Å². The van der Waals surface area contributed by atoms with Gasteiger partial charge in [0.15, 0.2) is 5.82 Å². The summed E-state index contributed by atoms with van der Waals surface area (Å²) in [5, 5.41) is 11.8. The van der Waals surface area contributed by atoms with E-state index in [0.29, 0.717) is 27.6 Å². The van der Waals surface area contributed by atoms with Crippen LogP contribution in [-0.4, -0.2) is 25.5 Å². The normalized spacial score (nSPS) is 10.7. The van der Waals surface area contributed by atoms with Crippen molar-refractivity contribution < 1.29 is 4.79 Å². The molecule has 2 heterocycles. The third kappa shape index (κ3) is 3.62. The molecule has 6 nitrogen and oxygen atoms in total. The van der Waals surface area contributed by atoms with Crippen molar-refractivity contribution in [1.29, 1.82) is 0 Å². The first-order valence-corrected chi connectivity index (χ1v) is 7.97. The Morgan fingerprint density at radius 3 is 2.91 bits per heavy atom. The van der Waals surface area contributed by atoms with Gasteiger partial charge in [-0.25, -0.2) is 0 Å². The number of rotatable bonds is 4. The van der Waals surface area contributed by atoms with Crippen LogP contribution >= 0.6 is 27.5 Å². The Morgan fingerprint density at radius 1 is 1.39 bits per heavy atom. The molecule has 23 heavy (non-hydrogen) atoms. The first-order chi connectivity index (χ1) is 11.0. The summed E-state index contributed by atoms with van der Waals surface area (Å²) in [5.74, 6) is 0.204. The molecule has 0 fully saturated rings. The van der Waals surface area contributed by atoms with Crippen molar-refractivity contribution in [2.45, 2.75) is 6.54 Å². The van der Waals surface area contributed by atoms with Gasteiger partial charge in [0.1, 0.15) is 5.69 Å². The molecule has 118 valence electrons. The van der Waals surface area contributed by atoms with Crippen LogP contribution in [0.5, 0.6) is 0 Å². The molecule has 0 radical (unpaired) electrons. The number of aryl methyl sites for hydroxylation is 1. The fourth-order valence-corrected chi connectivity index (χ4v) is 2.92. The molecule has 1 aromatic carbocycles. The van der Waals surface area contributed by atoms with E-state index in [1.54, 1.807) is 30.2 Å². The van der Waals surface area contributed by atoms with Gasteiger partial charge in [-0.1, -0.05) is 23.7 Å². The lowest BCUT2D eigenvalue weighted by atomic mass is 10.2. The topological polar surface area (TPSA) is 64.7 Å². The minimum absolute atomic E-state index is 0.273. The molecule has 1 amide bonds. The molecule has 0 bridgehead atoms. The van der Waals surface area contributed by atoms with E-state index in [1.165, 1.54) is 4.68 Å². The van der Waals surface area contributed by atoms with Crippen molar-refractivity contribution >= 4 is 39.3 Å². The van der Waals surface area contributed by atoms with Gasteiger partial charge >= 0.3 is 0 Å². The Morgan fingerprint density at radius 2 is 2.22 bits per heavy atom. The molecule has 8 heteroatoms. The fraction of sp³-hybridized carbons (Fsp3) is 0.133. The predicted molar refractivity (Wildman–Crippen MR) is 91.6 cm³/mol. The van der Waals surface area contributed by atoms with Gasteiger partial charge in [0.2, 0.25) is 0 Å². The smallest absolute Gasteiger partial charge is 0.276 e. The lowest BCUT2D eigenvalue weighted by Crippen LogP contribution is -2.17. The average molecular weight is 395 g/mol. The van der Waals surface area contributed by atoms with Crippen molar-refractivity contribution in [2.24, 2.45) is 7.05 Å². The Balaban J connectivity index is 1.71. The first kappa shape index (κ1) is 15.8. The van der Waals surface area contributed by atoms with E-state index >= 15 is 0 Å². The monoisotopic (exact) mass is 393 g/mol. The average Bonchev–Trinajstić information content (AvgIpc) is 3.06. The molecule has 0 aliphatic carbocycles. The van der Waals surface area contributed by atoms with Crippen molar-refractivity contribution in [3.8, 4) is 0 Å². The zero-order valence-corrected chi connectivity index (χ0v) is 14.5. The molecular formula is C15H13BrClN5O. The van der Waals surface area contributed by atoms with E-state index < -0.39 is 0 Å². The predicted octanol–water partition coefficient (Wildman–Crippen LogP) is 3.33. The summed E-state index contributed by atoms with van der Waals surface area (Å²) in [4.78, 5) is 12.3. The molecule has 0 spiro atoms. The molecule has 0 atom stereocenters. The summed E-state index contributed by atoms with van der Waals surface area (Å²) in [6.45, 7) is 0.575. The highest BCUT2D eigenvalue weighted by atomic mass is 79.9. The molecule has 0 aliphatic rings. The summed E-state index contributed by atoms with van der Waals surface area (Å²) >= 11 is 9.28. The molecule has 2 aromatic heterocycles. The Bertz CT molecular complexity index is 838. The summed E-state index contributed by atoms with van der Waals surface area (Å²) in [6, 6.07) is 9.31. The number of nitrogens with zero attached hydrogens (tertiary/aromatic N) is 4. The van der Waals surface area contributed by atoms with Crippen LogP contribution in [0.3, 0.4) is 0 Å². The zero-order chi connectivity index (χ0) is 16.4. The molecule has 0 unspecified atom stereocenters. The zero-order valence-electron chi connectivity index (χ0n) is 12.2. The van der Waals surface area contributed by atoms with Crippen LogP contribution in [0.1, 0.15) is 16.1 Å². The van der Waals surface area contributed by atoms with Gasteiger partial charge in [-0.05, 0) is 33.6 Å². The van der Waals surface area contributed by atoms with Crippen molar-refractivity contribution in [3.05, 3.63) is 63.5 Å². The number of amides is 1. The standard InChI is InChI=1S/C15H13BrClN5O/c1-21-14(12(16)8-18-21)15(23)19-13-5-6-22(20-13)9-10-3-2-4-11(17)7-10/h2-8H,9H2,1H3,(H,19,20,23).